The number of carbonyl (C=O) groups is 1. The monoisotopic (exact) mass is 191 g/mol. The molecule has 2 nitrogen and oxygen atoms in total. The molecule has 0 saturated heterocycles. The van der Waals surface area contributed by atoms with E-state index in [2.05, 4.69) is 30.4 Å². The Kier molecular flexibility index (Phi) is 4.17. The second-order valence-electron chi connectivity index (χ2n) is 3.51. The summed E-state index contributed by atoms with van der Waals surface area (Å²) >= 11 is 0. The molecule has 1 rings (SSSR count). The van der Waals surface area contributed by atoms with Crippen molar-refractivity contribution in [3.05, 3.63) is 35.4 Å². The molecule has 1 aromatic rings. The molecule has 1 N–H and O–H groups in total. The molecule has 0 bridgehead atoms. The maximum absolute atomic E-state index is 10.6. The molecular weight excluding hydrogens is 174 g/mol. The van der Waals surface area contributed by atoms with Gasteiger partial charge in [0.25, 0.3) is 0 Å². The molecule has 0 fully saturated rings. The smallest absolute Gasteiger partial charge is 0.216 e. The summed E-state index contributed by atoms with van der Waals surface area (Å²) in [5, 5.41) is 2.80. The third kappa shape index (κ3) is 3.60. The summed E-state index contributed by atoms with van der Waals surface area (Å²) in [6.45, 7) is 4.44. The maximum Gasteiger partial charge on any atom is 0.216 e. The van der Waals surface area contributed by atoms with Crippen LogP contribution in [0.2, 0.25) is 0 Å². The number of rotatable bonds is 4. The van der Waals surface area contributed by atoms with E-state index in [9.17, 15) is 4.79 Å². The van der Waals surface area contributed by atoms with Gasteiger partial charge in [0.1, 0.15) is 0 Å². The molecule has 76 valence electrons. The normalized spacial score (nSPS) is 9.86. The zero-order valence-electron chi connectivity index (χ0n) is 8.84. The first-order chi connectivity index (χ1) is 6.70. The molecular formula is C12H17NO. The minimum atomic E-state index is 0.0507. The molecule has 0 saturated carbocycles. The van der Waals surface area contributed by atoms with Crippen molar-refractivity contribution in [1.29, 1.82) is 0 Å². The average molecular weight is 191 g/mol. The molecule has 0 heterocycles. The van der Waals surface area contributed by atoms with E-state index in [1.807, 2.05) is 6.07 Å². The van der Waals surface area contributed by atoms with Crippen LogP contribution in [0.4, 0.5) is 0 Å². The largest absolute Gasteiger partial charge is 0.356 e. The van der Waals surface area contributed by atoms with E-state index in [1.165, 1.54) is 11.1 Å². The highest BCUT2D eigenvalue weighted by molar-refractivity contribution is 5.72. The van der Waals surface area contributed by atoms with Gasteiger partial charge < -0.3 is 5.32 Å². The molecule has 0 atom stereocenters. The number of amides is 1. The lowest BCUT2D eigenvalue weighted by Gasteiger charge is -2.05. The fraction of sp³-hybridized carbons (Fsp3) is 0.417. The Labute approximate surface area is 85.3 Å². The Balaban J connectivity index is 2.31. The quantitative estimate of drug-likeness (QED) is 0.725. The number of hydrogen-bond acceptors (Lipinski definition) is 1. The lowest BCUT2D eigenvalue weighted by molar-refractivity contribution is -0.118. The van der Waals surface area contributed by atoms with Crippen molar-refractivity contribution in [3.63, 3.8) is 0 Å². The predicted octanol–water partition coefficient (Wildman–Crippen LogP) is 2.06. The first kappa shape index (κ1) is 10.8. The fourth-order valence-corrected chi connectivity index (χ4v) is 1.43. The van der Waals surface area contributed by atoms with E-state index in [-0.39, 0.29) is 5.91 Å². The topological polar surface area (TPSA) is 29.1 Å². The third-order valence-electron chi connectivity index (χ3n) is 2.26. The Morgan fingerprint density at radius 3 is 2.71 bits per heavy atom. The van der Waals surface area contributed by atoms with Crippen molar-refractivity contribution in [2.24, 2.45) is 0 Å². The summed E-state index contributed by atoms with van der Waals surface area (Å²) in [5.41, 5.74) is 2.70. The molecule has 0 aliphatic heterocycles. The second-order valence-corrected chi connectivity index (χ2v) is 3.51. The summed E-state index contributed by atoms with van der Waals surface area (Å²) in [7, 11) is 0. The van der Waals surface area contributed by atoms with E-state index in [0.717, 1.165) is 19.4 Å². The van der Waals surface area contributed by atoms with Crippen molar-refractivity contribution in [1.82, 2.24) is 5.32 Å². The summed E-state index contributed by atoms with van der Waals surface area (Å²) in [6, 6.07) is 8.37. The van der Waals surface area contributed by atoms with Crippen LogP contribution >= 0.6 is 0 Å². The second kappa shape index (κ2) is 5.43. The van der Waals surface area contributed by atoms with Gasteiger partial charge in [0.15, 0.2) is 0 Å². The summed E-state index contributed by atoms with van der Waals surface area (Å²) in [5.74, 6) is 0.0507. The van der Waals surface area contributed by atoms with Gasteiger partial charge in [-0.1, -0.05) is 24.3 Å². The van der Waals surface area contributed by atoms with E-state index in [1.54, 1.807) is 6.92 Å². The van der Waals surface area contributed by atoms with Crippen LogP contribution in [-0.2, 0) is 11.2 Å². The van der Waals surface area contributed by atoms with Gasteiger partial charge in [-0.15, -0.1) is 0 Å². The summed E-state index contributed by atoms with van der Waals surface area (Å²) < 4.78 is 0. The minimum Gasteiger partial charge on any atom is -0.356 e. The summed E-state index contributed by atoms with van der Waals surface area (Å²) in [6.07, 6.45) is 2.04. The van der Waals surface area contributed by atoms with Crippen molar-refractivity contribution < 1.29 is 4.79 Å². The first-order valence-corrected chi connectivity index (χ1v) is 4.99. The van der Waals surface area contributed by atoms with Crippen LogP contribution in [-0.4, -0.2) is 12.5 Å². The molecule has 0 spiro atoms. The van der Waals surface area contributed by atoms with Crippen molar-refractivity contribution in [2.75, 3.05) is 6.54 Å². The van der Waals surface area contributed by atoms with Gasteiger partial charge in [-0.05, 0) is 30.9 Å². The van der Waals surface area contributed by atoms with Crippen molar-refractivity contribution in [3.8, 4) is 0 Å². The Morgan fingerprint density at radius 2 is 2.07 bits per heavy atom. The van der Waals surface area contributed by atoms with Crippen molar-refractivity contribution >= 4 is 5.91 Å². The highest BCUT2D eigenvalue weighted by Crippen LogP contribution is 2.08. The lowest BCUT2D eigenvalue weighted by Crippen LogP contribution is -2.21. The molecule has 0 aliphatic carbocycles. The Morgan fingerprint density at radius 1 is 1.36 bits per heavy atom. The minimum absolute atomic E-state index is 0.0507. The molecule has 2 heteroatoms. The molecule has 0 unspecified atom stereocenters. The van der Waals surface area contributed by atoms with Gasteiger partial charge in [0.2, 0.25) is 5.91 Å². The van der Waals surface area contributed by atoms with E-state index in [4.69, 9.17) is 0 Å². The van der Waals surface area contributed by atoms with Gasteiger partial charge >= 0.3 is 0 Å². The number of aryl methyl sites for hydroxylation is 2. The van der Waals surface area contributed by atoms with Crippen LogP contribution in [0, 0.1) is 6.92 Å². The van der Waals surface area contributed by atoms with Crippen molar-refractivity contribution in [2.45, 2.75) is 26.7 Å². The van der Waals surface area contributed by atoms with Gasteiger partial charge in [0.05, 0.1) is 0 Å². The van der Waals surface area contributed by atoms with Crippen LogP contribution in [0.3, 0.4) is 0 Å². The predicted molar refractivity (Wildman–Crippen MR) is 58.2 cm³/mol. The molecule has 0 aromatic heterocycles. The zero-order valence-corrected chi connectivity index (χ0v) is 8.84. The SMILES string of the molecule is CC(=O)NCCCc1ccccc1C. The standard InChI is InChI=1S/C12H17NO/c1-10-6-3-4-7-12(10)8-5-9-13-11(2)14/h3-4,6-7H,5,8-9H2,1-2H3,(H,13,14). The Hall–Kier alpha value is -1.31. The zero-order chi connectivity index (χ0) is 10.4. The van der Waals surface area contributed by atoms with Crippen LogP contribution in [0.5, 0.6) is 0 Å². The van der Waals surface area contributed by atoms with E-state index < -0.39 is 0 Å². The van der Waals surface area contributed by atoms with E-state index in [0.29, 0.717) is 0 Å². The molecule has 0 radical (unpaired) electrons. The fourth-order valence-electron chi connectivity index (χ4n) is 1.43. The van der Waals surface area contributed by atoms with Gasteiger partial charge in [-0.2, -0.15) is 0 Å². The van der Waals surface area contributed by atoms with Crippen LogP contribution in [0.25, 0.3) is 0 Å². The highest BCUT2D eigenvalue weighted by Gasteiger charge is 1.96. The van der Waals surface area contributed by atoms with Gasteiger partial charge in [-0.3, -0.25) is 4.79 Å². The molecule has 14 heavy (non-hydrogen) atoms. The molecule has 1 aromatic carbocycles. The van der Waals surface area contributed by atoms with E-state index >= 15 is 0 Å². The van der Waals surface area contributed by atoms with Gasteiger partial charge in [-0.25, -0.2) is 0 Å². The highest BCUT2D eigenvalue weighted by atomic mass is 16.1. The number of carbonyl (C=O) groups excluding carboxylic acids is 1. The number of benzene rings is 1. The third-order valence-corrected chi connectivity index (χ3v) is 2.26. The van der Waals surface area contributed by atoms with Gasteiger partial charge in [0, 0.05) is 13.5 Å². The maximum atomic E-state index is 10.6. The Bertz CT molecular complexity index is 307. The van der Waals surface area contributed by atoms with Crippen LogP contribution in [0.15, 0.2) is 24.3 Å². The molecule has 1 amide bonds. The van der Waals surface area contributed by atoms with Crippen LogP contribution in [0.1, 0.15) is 24.5 Å². The lowest BCUT2D eigenvalue weighted by atomic mass is 10.0. The number of nitrogens with one attached hydrogen (secondary N) is 1. The van der Waals surface area contributed by atoms with Crippen LogP contribution < -0.4 is 5.32 Å². The summed E-state index contributed by atoms with van der Waals surface area (Å²) in [4.78, 5) is 10.6. The average Bonchev–Trinajstić information content (AvgIpc) is 2.15. The number of hydrogen-bond donors (Lipinski definition) is 1. The first-order valence-electron chi connectivity index (χ1n) is 4.99. The molecule has 0 aliphatic rings.